The van der Waals surface area contributed by atoms with Crippen LogP contribution in [0.25, 0.3) is 5.57 Å². The summed E-state index contributed by atoms with van der Waals surface area (Å²) in [5, 5.41) is 11.0. The van der Waals surface area contributed by atoms with E-state index in [0.29, 0.717) is 17.6 Å². The van der Waals surface area contributed by atoms with Crippen LogP contribution in [0.5, 0.6) is 0 Å². The predicted octanol–water partition coefficient (Wildman–Crippen LogP) is 0.261. The second kappa shape index (κ2) is 4.28. The van der Waals surface area contributed by atoms with Crippen molar-refractivity contribution < 1.29 is 14.7 Å². The van der Waals surface area contributed by atoms with Crippen LogP contribution in [-0.2, 0) is 16.0 Å². The molecule has 1 aliphatic rings. The van der Waals surface area contributed by atoms with E-state index in [2.05, 4.69) is 5.32 Å². The first-order valence-electron chi connectivity index (χ1n) is 4.98. The lowest BCUT2D eigenvalue weighted by Crippen LogP contribution is -2.21. The van der Waals surface area contributed by atoms with Crippen LogP contribution in [0.4, 0.5) is 0 Å². The van der Waals surface area contributed by atoms with Crippen molar-refractivity contribution in [2.45, 2.75) is 6.42 Å². The average molecular weight is 217 g/mol. The maximum absolute atomic E-state index is 11.4. The van der Waals surface area contributed by atoms with Gasteiger partial charge in [-0.3, -0.25) is 14.9 Å². The molecule has 4 heteroatoms. The minimum Gasteiger partial charge on any atom is -0.396 e. The van der Waals surface area contributed by atoms with Gasteiger partial charge in [-0.1, -0.05) is 24.3 Å². The summed E-state index contributed by atoms with van der Waals surface area (Å²) in [6, 6.07) is 7.22. The third-order valence-electron chi connectivity index (χ3n) is 2.42. The molecule has 1 aromatic rings. The molecule has 0 atom stereocenters. The molecule has 2 N–H and O–H groups in total. The number of nitrogens with one attached hydrogen (secondary N) is 1. The topological polar surface area (TPSA) is 66.4 Å². The molecule has 4 nitrogen and oxygen atoms in total. The summed E-state index contributed by atoms with van der Waals surface area (Å²) in [4.78, 5) is 22.3. The molecule has 0 bridgehead atoms. The van der Waals surface area contributed by atoms with E-state index in [9.17, 15) is 9.59 Å². The third-order valence-corrected chi connectivity index (χ3v) is 2.42. The minimum atomic E-state index is -0.376. The normalized spacial score (nSPS) is 14.9. The molecule has 82 valence electrons. The zero-order valence-electron chi connectivity index (χ0n) is 8.56. The molecule has 0 unspecified atom stereocenters. The number of benzene rings is 1. The highest BCUT2D eigenvalue weighted by Crippen LogP contribution is 2.18. The molecule has 0 aromatic heterocycles. The predicted molar refractivity (Wildman–Crippen MR) is 58.4 cm³/mol. The summed E-state index contributed by atoms with van der Waals surface area (Å²) < 4.78 is 0. The second-order valence-electron chi connectivity index (χ2n) is 3.55. The SMILES string of the molecule is O=C1C=C(c2ccc(CCO)cc2)C(=O)N1. The average Bonchev–Trinajstić information content (AvgIpc) is 2.59. The van der Waals surface area contributed by atoms with Crippen LogP contribution in [0, 0.1) is 0 Å². The molecule has 2 rings (SSSR count). The van der Waals surface area contributed by atoms with Gasteiger partial charge in [-0.2, -0.15) is 0 Å². The number of aliphatic hydroxyl groups excluding tert-OH is 1. The summed E-state index contributed by atoms with van der Waals surface area (Å²) in [5.74, 6) is -0.737. The lowest BCUT2D eigenvalue weighted by Gasteiger charge is -2.02. The van der Waals surface area contributed by atoms with Gasteiger partial charge in [-0.05, 0) is 17.5 Å². The highest BCUT2D eigenvalue weighted by Gasteiger charge is 2.21. The van der Waals surface area contributed by atoms with E-state index < -0.39 is 0 Å². The molecule has 0 radical (unpaired) electrons. The molecule has 0 spiro atoms. The molecule has 0 saturated carbocycles. The number of imide groups is 1. The van der Waals surface area contributed by atoms with Gasteiger partial charge in [0.25, 0.3) is 11.8 Å². The van der Waals surface area contributed by atoms with E-state index in [1.54, 1.807) is 12.1 Å². The van der Waals surface area contributed by atoms with Crippen molar-refractivity contribution in [3.63, 3.8) is 0 Å². The largest absolute Gasteiger partial charge is 0.396 e. The summed E-state index contributed by atoms with van der Waals surface area (Å²) in [5.41, 5.74) is 2.10. The Morgan fingerprint density at radius 3 is 2.31 bits per heavy atom. The Hall–Kier alpha value is -1.94. The standard InChI is InChI=1S/C12H11NO3/c14-6-5-8-1-3-9(4-2-8)10-7-11(15)13-12(10)16/h1-4,7,14H,5-6H2,(H,13,15,16). The fourth-order valence-corrected chi connectivity index (χ4v) is 1.61. The highest BCUT2D eigenvalue weighted by atomic mass is 16.3. The number of amides is 2. The van der Waals surface area contributed by atoms with Crippen molar-refractivity contribution in [2.75, 3.05) is 6.61 Å². The van der Waals surface area contributed by atoms with Gasteiger partial charge in [0, 0.05) is 12.7 Å². The molecular formula is C12H11NO3. The van der Waals surface area contributed by atoms with E-state index in [4.69, 9.17) is 5.11 Å². The van der Waals surface area contributed by atoms with Crippen LogP contribution in [0.1, 0.15) is 11.1 Å². The van der Waals surface area contributed by atoms with Crippen LogP contribution in [0.3, 0.4) is 0 Å². The van der Waals surface area contributed by atoms with E-state index in [0.717, 1.165) is 5.56 Å². The van der Waals surface area contributed by atoms with E-state index in [1.165, 1.54) is 6.08 Å². The number of rotatable bonds is 3. The van der Waals surface area contributed by atoms with Gasteiger partial charge in [0.2, 0.25) is 0 Å². The summed E-state index contributed by atoms with van der Waals surface area (Å²) in [6.07, 6.45) is 1.88. The Labute approximate surface area is 92.6 Å². The van der Waals surface area contributed by atoms with E-state index in [-0.39, 0.29) is 18.4 Å². The van der Waals surface area contributed by atoms with Crippen LogP contribution in [-0.4, -0.2) is 23.5 Å². The smallest absolute Gasteiger partial charge is 0.258 e. The number of hydrogen-bond donors (Lipinski definition) is 2. The highest BCUT2D eigenvalue weighted by molar-refractivity contribution is 6.33. The van der Waals surface area contributed by atoms with E-state index in [1.807, 2.05) is 12.1 Å². The summed E-state index contributed by atoms with van der Waals surface area (Å²) >= 11 is 0. The zero-order valence-corrected chi connectivity index (χ0v) is 8.56. The van der Waals surface area contributed by atoms with Crippen LogP contribution in [0.2, 0.25) is 0 Å². The van der Waals surface area contributed by atoms with Gasteiger partial charge >= 0.3 is 0 Å². The van der Waals surface area contributed by atoms with Crippen molar-refractivity contribution in [3.05, 3.63) is 41.5 Å². The molecular weight excluding hydrogens is 206 g/mol. The van der Waals surface area contributed by atoms with Crippen LogP contribution < -0.4 is 5.32 Å². The first-order valence-corrected chi connectivity index (χ1v) is 4.98. The Bertz CT molecular complexity index is 460. The second-order valence-corrected chi connectivity index (χ2v) is 3.55. The number of carbonyl (C=O) groups is 2. The van der Waals surface area contributed by atoms with Gasteiger partial charge in [0.1, 0.15) is 0 Å². The maximum atomic E-state index is 11.4. The molecule has 16 heavy (non-hydrogen) atoms. The maximum Gasteiger partial charge on any atom is 0.258 e. The number of hydrogen-bond acceptors (Lipinski definition) is 3. The van der Waals surface area contributed by atoms with Gasteiger partial charge in [-0.15, -0.1) is 0 Å². The third kappa shape index (κ3) is 2.01. The van der Waals surface area contributed by atoms with E-state index >= 15 is 0 Å². The molecule has 1 aliphatic heterocycles. The summed E-state index contributed by atoms with van der Waals surface area (Å²) in [7, 11) is 0. The zero-order chi connectivity index (χ0) is 11.5. The molecule has 2 amide bonds. The minimum absolute atomic E-state index is 0.0982. The Morgan fingerprint density at radius 1 is 1.12 bits per heavy atom. The molecule has 0 saturated heterocycles. The molecule has 0 fully saturated rings. The fourth-order valence-electron chi connectivity index (χ4n) is 1.61. The van der Waals surface area contributed by atoms with Crippen LogP contribution >= 0.6 is 0 Å². The first kappa shape index (κ1) is 10.6. The lowest BCUT2D eigenvalue weighted by molar-refractivity contribution is -0.123. The Balaban J connectivity index is 2.25. The van der Waals surface area contributed by atoms with Crippen molar-refractivity contribution in [3.8, 4) is 0 Å². The monoisotopic (exact) mass is 217 g/mol. The quantitative estimate of drug-likeness (QED) is 0.714. The van der Waals surface area contributed by atoms with Crippen molar-refractivity contribution in [2.24, 2.45) is 0 Å². The Kier molecular flexibility index (Phi) is 2.83. The summed E-state index contributed by atoms with van der Waals surface area (Å²) in [6.45, 7) is 0.0982. The van der Waals surface area contributed by atoms with Crippen LogP contribution in [0.15, 0.2) is 30.3 Å². The van der Waals surface area contributed by atoms with Crippen molar-refractivity contribution >= 4 is 17.4 Å². The van der Waals surface area contributed by atoms with Crippen molar-refractivity contribution in [1.29, 1.82) is 0 Å². The molecule has 1 aromatic carbocycles. The van der Waals surface area contributed by atoms with Gasteiger partial charge in [0.15, 0.2) is 0 Å². The first-order chi connectivity index (χ1) is 7.70. The lowest BCUT2D eigenvalue weighted by atomic mass is 10.0. The van der Waals surface area contributed by atoms with Gasteiger partial charge in [0.05, 0.1) is 5.57 Å². The van der Waals surface area contributed by atoms with Gasteiger partial charge in [-0.25, -0.2) is 0 Å². The Morgan fingerprint density at radius 2 is 1.81 bits per heavy atom. The molecule has 1 heterocycles. The number of carbonyl (C=O) groups excluding carboxylic acids is 2. The fraction of sp³-hybridized carbons (Fsp3) is 0.167. The molecule has 0 aliphatic carbocycles. The van der Waals surface area contributed by atoms with Gasteiger partial charge < -0.3 is 5.11 Å². The van der Waals surface area contributed by atoms with Crippen molar-refractivity contribution in [1.82, 2.24) is 5.32 Å². The number of aliphatic hydroxyl groups is 1.